The van der Waals surface area contributed by atoms with Crippen molar-refractivity contribution in [1.82, 2.24) is 10.2 Å². The predicted octanol–water partition coefficient (Wildman–Crippen LogP) is 2.64. The lowest BCUT2D eigenvalue weighted by atomic mass is 9.85. The van der Waals surface area contributed by atoms with Gasteiger partial charge in [-0.15, -0.1) is 0 Å². The molecule has 3 heteroatoms. The van der Waals surface area contributed by atoms with Gasteiger partial charge >= 0.3 is 0 Å². The van der Waals surface area contributed by atoms with E-state index in [-0.39, 0.29) is 5.54 Å². The summed E-state index contributed by atoms with van der Waals surface area (Å²) in [6.45, 7) is 10.8. The molecule has 0 bridgehead atoms. The molecular weight excluding hydrogens is 248 g/mol. The fourth-order valence-electron chi connectivity index (χ4n) is 4.46. The summed E-state index contributed by atoms with van der Waals surface area (Å²) in [5.74, 6) is 1.51. The van der Waals surface area contributed by atoms with Crippen molar-refractivity contribution < 1.29 is 5.11 Å². The highest BCUT2D eigenvalue weighted by atomic mass is 16.3. The molecule has 1 saturated heterocycles. The van der Waals surface area contributed by atoms with Crippen LogP contribution in [-0.4, -0.2) is 47.8 Å². The Bertz CT molecular complexity index is 297. The molecule has 1 aliphatic carbocycles. The molecule has 4 unspecified atom stereocenters. The van der Waals surface area contributed by atoms with Crippen LogP contribution in [0.15, 0.2) is 0 Å². The minimum absolute atomic E-state index is 0.0184. The SMILES string of the molecule is CCCNC1(CO)CCCC1CCN1CC(C)CC1C. The number of nitrogens with zero attached hydrogens (tertiary/aromatic N) is 1. The Morgan fingerprint density at radius 1 is 1.35 bits per heavy atom. The van der Waals surface area contributed by atoms with Gasteiger partial charge in [0.1, 0.15) is 0 Å². The van der Waals surface area contributed by atoms with E-state index in [2.05, 4.69) is 31.0 Å². The van der Waals surface area contributed by atoms with Crippen LogP contribution in [0.4, 0.5) is 0 Å². The van der Waals surface area contributed by atoms with E-state index in [1.54, 1.807) is 0 Å². The standard InChI is InChI=1S/C17H34N2O/c1-4-9-18-17(13-20)8-5-6-16(17)7-10-19-12-14(2)11-15(19)3/h14-16,18,20H,4-13H2,1-3H3. The monoisotopic (exact) mass is 282 g/mol. The van der Waals surface area contributed by atoms with Crippen molar-refractivity contribution in [3.8, 4) is 0 Å². The van der Waals surface area contributed by atoms with Gasteiger partial charge in [-0.1, -0.05) is 20.3 Å². The Hall–Kier alpha value is -0.120. The summed E-state index contributed by atoms with van der Waals surface area (Å²) in [5.41, 5.74) is 0.0184. The van der Waals surface area contributed by atoms with Crippen molar-refractivity contribution in [3.05, 3.63) is 0 Å². The van der Waals surface area contributed by atoms with Crippen LogP contribution in [0.2, 0.25) is 0 Å². The third-order valence-electron chi connectivity index (χ3n) is 5.64. The van der Waals surface area contributed by atoms with E-state index in [1.807, 2.05) is 0 Å². The van der Waals surface area contributed by atoms with Crippen LogP contribution in [0.5, 0.6) is 0 Å². The third-order valence-corrected chi connectivity index (χ3v) is 5.64. The highest BCUT2D eigenvalue weighted by Gasteiger charge is 2.41. The van der Waals surface area contributed by atoms with E-state index in [0.29, 0.717) is 12.5 Å². The molecule has 0 aromatic heterocycles. The molecular formula is C17H34N2O. The van der Waals surface area contributed by atoms with E-state index < -0.39 is 0 Å². The molecule has 2 N–H and O–H groups in total. The summed E-state index contributed by atoms with van der Waals surface area (Å²) in [7, 11) is 0. The predicted molar refractivity (Wildman–Crippen MR) is 84.9 cm³/mol. The molecule has 0 radical (unpaired) electrons. The van der Waals surface area contributed by atoms with E-state index >= 15 is 0 Å². The molecule has 118 valence electrons. The Labute approximate surface area is 125 Å². The number of hydrogen-bond donors (Lipinski definition) is 2. The zero-order valence-electron chi connectivity index (χ0n) is 13.7. The van der Waals surface area contributed by atoms with Crippen LogP contribution in [0.25, 0.3) is 0 Å². The lowest BCUT2D eigenvalue weighted by molar-refractivity contribution is 0.110. The van der Waals surface area contributed by atoms with Gasteiger partial charge in [0.15, 0.2) is 0 Å². The van der Waals surface area contributed by atoms with Crippen LogP contribution < -0.4 is 5.32 Å². The highest BCUT2D eigenvalue weighted by molar-refractivity contribution is 4.99. The summed E-state index contributed by atoms with van der Waals surface area (Å²) >= 11 is 0. The normalized spacial score (nSPS) is 38.7. The second-order valence-corrected chi connectivity index (χ2v) is 7.30. The first-order valence-corrected chi connectivity index (χ1v) is 8.71. The van der Waals surface area contributed by atoms with Crippen molar-refractivity contribution in [3.63, 3.8) is 0 Å². The first-order chi connectivity index (χ1) is 9.61. The quantitative estimate of drug-likeness (QED) is 0.753. The summed E-state index contributed by atoms with van der Waals surface area (Å²) < 4.78 is 0. The van der Waals surface area contributed by atoms with Gasteiger partial charge in [-0.3, -0.25) is 0 Å². The fourth-order valence-corrected chi connectivity index (χ4v) is 4.46. The van der Waals surface area contributed by atoms with Gasteiger partial charge in [0.2, 0.25) is 0 Å². The van der Waals surface area contributed by atoms with Crippen molar-refractivity contribution in [2.75, 3.05) is 26.2 Å². The van der Waals surface area contributed by atoms with Crippen molar-refractivity contribution in [1.29, 1.82) is 0 Å². The van der Waals surface area contributed by atoms with Gasteiger partial charge in [-0.2, -0.15) is 0 Å². The number of rotatable bonds is 7. The molecule has 1 heterocycles. The number of aliphatic hydroxyl groups is 1. The number of nitrogens with one attached hydrogen (secondary N) is 1. The number of hydrogen-bond acceptors (Lipinski definition) is 3. The largest absolute Gasteiger partial charge is 0.394 e. The van der Waals surface area contributed by atoms with E-state index in [1.165, 1.54) is 38.8 Å². The average Bonchev–Trinajstić information content (AvgIpc) is 2.98. The molecule has 3 nitrogen and oxygen atoms in total. The highest BCUT2D eigenvalue weighted by Crippen LogP contribution is 2.38. The Balaban J connectivity index is 1.87. The molecule has 2 rings (SSSR count). The fraction of sp³-hybridized carbons (Fsp3) is 1.00. The van der Waals surface area contributed by atoms with Crippen molar-refractivity contribution >= 4 is 0 Å². The Morgan fingerprint density at radius 3 is 2.75 bits per heavy atom. The zero-order chi connectivity index (χ0) is 14.6. The lowest BCUT2D eigenvalue weighted by Crippen LogP contribution is -2.52. The molecule has 0 aromatic carbocycles. The third kappa shape index (κ3) is 3.55. The maximum atomic E-state index is 9.92. The summed E-state index contributed by atoms with van der Waals surface area (Å²) in [4.78, 5) is 2.66. The van der Waals surface area contributed by atoms with E-state index in [9.17, 15) is 5.11 Å². The maximum Gasteiger partial charge on any atom is 0.0616 e. The van der Waals surface area contributed by atoms with Crippen LogP contribution >= 0.6 is 0 Å². The first-order valence-electron chi connectivity index (χ1n) is 8.71. The van der Waals surface area contributed by atoms with E-state index in [4.69, 9.17) is 0 Å². The molecule has 1 saturated carbocycles. The second kappa shape index (κ2) is 7.24. The molecule has 20 heavy (non-hydrogen) atoms. The smallest absolute Gasteiger partial charge is 0.0616 e. The van der Waals surface area contributed by atoms with Gasteiger partial charge < -0.3 is 15.3 Å². The minimum Gasteiger partial charge on any atom is -0.394 e. The van der Waals surface area contributed by atoms with Crippen LogP contribution in [-0.2, 0) is 0 Å². The molecule has 1 aliphatic heterocycles. The lowest BCUT2D eigenvalue weighted by Gasteiger charge is -2.36. The van der Waals surface area contributed by atoms with E-state index in [0.717, 1.165) is 31.3 Å². The minimum atomic E-state index is 0.0184. The second-order valence-electron chi connectivity index (χ2n) is 7.30. The van der Waals surface area contributed by atoms with Gasteiger partial charge in [-0.25, -0.2) is 0 Å². The van der Waals surface area contributed by atoms with Gasteiger partial charge in [0, 0.05) is 18.1 Å². The van der Waals surface area contributed by atoms with Gasteiger partial charge in [0.05, 0.1) is 6.61 Å². The number of likely N-dealkylation sites (tertiary alicyclic amines) is 1. The van der Waals surface area contributed by atoms with Gasteiger partial charge in [0.25, 0.3) is 0 Å². The summed E-state index contributed by atoms with van der Waals surface area (Å²) in [5, 5.41) is 13.6. The number of aliphatic hydroxyl groups excluding tert-OH is 1. The summed E-state index contributed by atoms with van der Waals surface area (Å²) in [6, 6.07) is 0.749. The van der Waals surface area contributed by atoms with Gasteiger partial charge in [-0.05, 0) is 64.0 Å². The first kappa shape index (κ1) is 16.3. The molecule has 0 aromatic rings. The molecule has 0 amide bonds. The molecule has 2 aliphatic rings. The Kier molecular flexibility index (Phi) is 5.88. The molecule has 2 fully saturated rings. The van der Waals surface area contributed by atoms with Crippen LogP contribution in [0, 0.1) is 11.8 Å². The van der Waals surface area contributed by atoms with Crippen LogP contribution in [0.1, 0.15) is 59.3 Å². The topological polar surface area (TPSA) is 35.5 Å². The van der Waals surface area contributed by atoms with Crippen molar-refractivity contribution in [2.24, 2.45) is 11.8 Å². The average molecular weight is 282 g/mol. The Morgan fingerprint density at radius 2 is 2.15 bits per heavy atom. The maximum absolute atomic E-state index is 9.92. The summed E-state index contributed by atoms with van der Waals surface area (Å²) in [6.07, 6.45) is 7.45. The molecule has 4 atom stereocenters. The molecule has 0 spiro atoms. The van der Waals surface area contributed by atoms with Crippen molar-refractivity contribution in [2.45, 2.75) is 70.9 Å². The van der Waals surface area contributed by atoms with Crippen LogP contribution in [0.3, 0.4) is 0 Å². The zero-order valence-corrected chi connectivity index (χ0v) is 13.7.